The quantitative estimate of drug-likeness (QED) is 0.771. The summed E-state index contributed by atoms with van der Waals surface area (Å²) in [5, 5.41) is 5.52. The number of hydrogen-bond donors (Lipinski definition) is 2. The standard InChI is InChI=1S/C21H23FN2O2/c1-14(2)15-7-9-17(10-8-15)24-20(26)21(11-12-21)19(25)23-13-16-5-3-4-6-18(16)22/h3-10,14H,11-13H2,1-2H3,(H,23,25)(H,24,26). The van der Waals surface area contributed by atoms with Crippen molar-refractivity contribution in [2.45, 2.75) is 39.2 Å². The molecule has 1 aliphatic carbocycles. The third-order valence-corrected chi connectivity index (χ3v) is 4.85. The maximum absolute atomic E-state index is 13.7. The van der Waals surface area contributed by atoms with Gasteiger partial charge in [-0.1, -0.05) is 44.2 Å². The van der Waals surface area contributed by atoms with E-state index in [-0.39, 0.29) is 24.2 Å². The van der Waals surface area contributed by atoms with Gasteiger partial charge in [0.1, 0.15) is 11.2 Å². The van der Waals surface area contributed by atoms with Crippen LogP contribution >= 0.6 is 0 Å². The van der Waals surface area contributed by atoms with Crippen molar-refractivity contribution in [1.29, 1.82) is 0 Å². The Morgan fingerprint density at radius 2 is 1.69 bits per heavy atom. The molecule has 2 aromatic carbocycles. The van der Waals surface area contributed by atoms with Crippen LogP contribution in [0.4, 0.5) is 10.1 Å². The number of carbonyl (C=O) groups excluding carboxylic acids is 2. The fourth-order valence-electron chi connectivity index (χ4n) is 2.87. The second-order valence-corrected chi connectivity index (χ2v) is 7.09. The molecule has 0 unspecified atom stereocenters. The van der Waals surface area contributed by atoms with Crippen LogP contribution in [0.2, 0.25) is 0 Å². The van der Waals surface area contributed by atoms with E-state index in [0.717, 1.165) is 0 Å². The highest BCUT2D eigenvalue weighted by Gasteiger charge is 2.56. The molecule has 0 aliphatic heterocycles. The zero-order valence-corrected chi connectivity index (χ0v) is 15.0. The third kappa shape index (κ3) is 3.77. The normalized spacial score (nSPS) is 14.8. The number of nitrogens with one attached hydrogen (secondary N) is 2. The number of halogens is 1. The molecule has 1 fully saturated rings. The summed E-state index contributed by atoms with van der Waals surface area (Å²) in [6.45, 7) is 4.28. The van der Waals surface area contributed by atoms with Gasteiger partial charge < -0.3 is 10.6 Å². The van der Waals surface area contributed by atoms with Gasteiger partial charge in [-0.3, -0.25) is 9.59 Å². The van der Waals surface area contributed by atoms with Crippen LogP contribution < -0.4 is 10.6 Å². The van der Waals surface area contributed by atoms with Crippen LogP contribution in [0.5, 0.6) is 0 Å². The lowest BCUT2D eigenvalue weighted by atomic mass is 10.0. The predicted molar refractivity (Wildman–Crippen MR) is 99.1 cm³/mol. The molecule has 3 rings (SSSR count). The average molecular weight is 354 g/mol. The molecule has 0 radical (unpaired) electrons. The molecule has 0 bridgehead atoms. The van der Waals surface area contributed by atoms with E-state index in [1.807, 2.05) is 24.3 Å². The van der Waals surface area contributed by atoms with Crippen molar-refractivity contribution >= 4 is 17.5 Å². The second kappa shape index (κ2) is 7.28. The number of anilines is 1. The summed E-state index contributed by atoms with van der Waals surface area (Å²) in [5.41, 5.74) is 1.22. The summed E-state index contributed by atoms with van der Waals surface area (Å²) >= 11 is 0. The van der Waals surface area contributed by atoms with E-state index in [9.17, 15) is 14.0 Å². The molecule has 0 aromatic heterocycles. The molecule has 136 valence electrons. The smallest absolute Gasteiger partial charge is 0.240 e. The Hall–Kier alpha value is -2.69. The van der Waals surface area contributed by atoms with Gasteiger partial charge in [-0.25, -0.2) is 4.39 Å². The first-order chi connectivity index (χ1) is 12.4. The van der Waals surface area contributed by atoms with Crippen LogP contribution in [0.3, 0.4) is 0 Å². The van der Waals surface area contributed by atoms with Crippen molar-refractivity contribution in [3.63, 3.8) is 0 Å². The lowest BCUT2D eigenvalue weighted by Crippen LogP contribution is -2.39. The molecule has 26 heavy (non-hydrogen) atoms. The Bertz CT molecular complexity index is 811. The summed E-state index contributed by atoms with van der Waals surface area (Å²) in [4.78, 5) is 25.1. The Labute approximate surface area is 152 Å². The van der Waals surface area contributed by atoms with Crippen molar-refractivity contribution in [3.05, 3.63) is 65.5 Å². The maximum atomic E-state index is 13.7. The molecule has 2 N–H and O–H groups in total. The summed E-state index contributed by atoms with van der Waals surface area (Å²) in [5.74, 6) is -0.607. The molecule has 5 heteroatoms. The van der Waals surface area contributed by atoms with Crippen LogP contribution in [0.1, 0.15) is 43.7 Å². The molecule has 0 heterocycles. The topological polar surface area (TPSA) is 58.2 Å². The average Bonchev–Trinajstić information content (AvgIpc) is 3.43. The van der Waals surface area contributed by atoms with Gasteiger partial charge in [-0.2, -0.15) is 0 Å². The highest BCUT2D eigenvalue weighted by atomic mass is 19.1. The molecule has 0 saturated heterocycles. The van der Waals surface area contributed by atoms with E-state index in [1.54, 1.807) is 18.2 Å². The first kappa shape index (κ1) is 18.1. The Morgan fingerprint density at radius 3 is 2.27 bits per heavy atom. The third-order valence-electron chi connectivity index (χ3n) is 4.85. The highest BCUT2D eigenvalue weighted by molar-refractivity contribution is 6.13. The molecule has 0 atom stereocenters. The maximum Gasteiger partial charge on any atom is 0.240 e. The van der Waals surface area contributed by atoms with Crippen LogP contribution in [0.25, 0.3) is 0 Å². The monoisotopic (exact) mass is 354 g/mol. The fourth-order valence-corrected chi connectivity index (χ4v) is 2.87. The molecule has 0 spiro atoms. The number of hydrogen-bond acceptors (Lipinski definition) is 2. The molecule has 2 amide bonds. The van der Waals surface area contributed by atoms with Crippen LogP contribution in [0.15, 0.2) is 48.5 Å². The SMILES string of the molecule is CC(C)c1ccc(NC(=O)C2(C(=O)NCc3ccccc3F)CC2)cc1. The molecule has 1 saturated carbocycles. The van der Waals surface area contributed by atoms with Gasteiger partial charge in [-0.05, 0) is 42.5 Å². The zero-order valence-electron chi connectivity index (χ0n) is 15.0. The van der Waals surface area contributed by atoms with Crippen molar-refractivity contribution in [3.8, 4) is 0 Å². The molecule has 1 aliphatic rings. The highest BCUT2D eigenvalue weighted by Crippen LogP contribution is 2.47. The largest absolute Gasteiger partial charge is 0.351 e. The fraction of sp³-hybridized carbons (Fsp3) is 0.333. The molecular formula is C21H23FN2O2. The first-order valence-corrected chi connectivity index (χ1v) is 8.85. The minimum atomic E-state index is -1.04. The van der Waals surface area contributed by atoms with Gasteiger partial charge >= 0.3 is 0 Å². The van der Waals surface area contributed by atoms with Gasteiger partial charge in [0, 0.05) is 17.8 Å². The van der Waals surface area contributed by atoms with E-state index in [2.05, 4.69) is 24.5 Å². The summed E-state index contributed by atoms with van der Waals surface area (Å²) in [6, 6.07) is 13.9. The molecule has 2 aromatic rings. The lowest BCUT2D eigenvalue weighted by Gasteiger charge is -2.16. The minimum Gasteiger partial charge on any atom is -0.351 e. The minimum absolute atomic E-state index is 0.0730. The second-order valence-electron chi connectivity index (χ2n) is 7.09. The molecular weight excluding hydrogens is 331 g/mol. The lowest BCUT2D eigenvalue weighted by molar-refractivity contribution is -0.134. The van der Waals surface area contributed by atoms with Crippen molar-refractivity contribution in [2.75, 3.05) is 5.32 Å². The number of amides is 2. The van der Waals surface area contributed by atoms with Gasteiger partial charge in [-0.15, -0.1) is 0 Å². The van der Waals surface area contributed by atoms with Crippen molar-refractivity contribution < 1.29 is 14.0 Å². The van der Waals surface area contributed by atoms with Crippen molar-refractivity contribution in [2.24, 2.45) is 5.41 Å². The van der Waals surface area contributed by atoms with E-state index in [0.29, 0.717) is 30.0 Å². The summed E-state index contributed by atoms with van der Waals surface area (Å²) < 4.78 is 13.7. The number of carbonyl (C=O) groups is 2. The van der Waals surface area contributed by atoms with Crippen LogP contribution in [-0.4, -0.2) is 11.8 Å². The van der Waals surface area contributed by atoms with Gasteiger partial charge in [0.15, 0.2) is 0 Å². The predicted octanol–water partition coefficient (Wildman–Crippen LogP) is 3.98. The Balaban J connectivity index is 1.61. The zero-order chi connectivity index (χ0) is 18.7. The molecule has 4 nitrogen and oxygen atoms in total. The van der Waals surface area contributed by atoms with Crippen molar-refractivity contribution in [1.82, 2.24) is 5.32 Å². The van der Waals surface area contributed by atoms with E-state index in [4.69, 9.17) is 0 Å². The van der Waals surface area contributed by atoms with Crippen LogP contribution in [0, 0.1) is 11.2 Å². The summed E-state index contributed by atoms with van der Waals surface area (Å²) in [7, 11) is 0. The van der Waals surface area contributed by atoms with E-state index in [1.165, 1.54) is 11.6 Å². The Kier molecular flexibility index (Phi) is 5.07. The van der Waals surface area contributed by atoms with Gasteiger partial charge in [0.2, 0.25) is 11.8 Å². The van der Waals surface area contributed by atoms with Crippen LogP contribution in [-0.2, 0) is 16.1 Å². The summed E-state index contributed by atoms with van der Waals surface area (Å²) in [6.07, 6.45) is 1.01. The van der Waals surface area contributed by atoms with Gasteiger partial charge in [0.25, 0.3) is 0 Å². The van der Waals surface area contributed by atoms with E-state index < -0.39 is 5.41 Å². The van der Waals surface area contributed by atoms with E-state index >= 15 is 0 Å². The number of rotatable bonds is 6. The Morgan fingerprint density at radius 1 is 1.04 bits per heavy atom. The first-order valence-electron chi connectivity index (χ1n) is 8.85. The number of benzene rings is 2. The van der Waals surface area contributed by atoms with Gasteiger partial charge in [0.05, 0.1) is 0 Å².